The van der Waals surface area contributed by atoms with Crippen LogP contribution >= 0.6 is 0 Å². The van der Waals surface area contributed by atoms with Gasteiger partial charge in [-0.15, -0.1) is 0 Å². The fourth-order valence-corrected chi connectivity index (χ4v) is 3.15. The summed E-state index contributed by atoms with van der Waals surface area (Å²) in [6, 6.07) is 21.1. The third-order valence-electron chi connectivity index (χ3n) is 4.87. The topological polar surface area (TPSA) is 93.5 Å². The maximum atomic E-state index is 13.9. The molecule has 0 aliphatic heterocycles. The predicted molar refractivity (Wildman–Crippen MR) is 120 cm³/mol. The third-order valence-corrected chi connectivity index (χ3v) is 4.87. The zero-order valence-electron chi connectivity index (χ0n) is 17.7. The molecule has 0 saturated carbocycles. The molecule has 33 heavy (non-hydrogen) atoms. The molecule has 3 aromatic carbocycles. The van der Waals surface area contributed by atoms with Crippen molar-refractivity contribution in [1.82, 2.24) is 10.5 Å². The summed E-state index contributed by atoms with van der Waals surface area (Å²) in [7, 11) is 1.52. The van der Waals surface area contributed by atoms with E-state index in [1.165, 1.54) is 13.2 Å². The first-order valence-corrected chi connectivity index (χ1v) is 10.1. The number of hydrogen-bond donors (Lipinski definition) is 2. The van der Waals surface area contributed by atoms with Crippen LogP contribution in [-0.2, 0) is 6.54 Å². The van der Waals surface area contributed by atoms with E-state index in [0.29, 0.717) is 22.8 Å². The number of ether oxygens (including phenoxy) is 1. The highest BCUT2D eigenvalue weighted by Crippen LogP contribution is 2.21. The first kappa shape index (κ1) is 21.8. The predicted octanol–water partition coefficient (Wildman–Crippen LogP) is 4.67. The van der Waals surface area contributed by atoms with E-state index in [4.69, 9.17) is 9.26 Å². The number of hydrogen-bond acceptors (Lipinski definition) is 5. The molecule has 0 atom stereocenters. The normalized spacial score (nSPS) is 10.5. The molecule has 166 valence electrons. The van der Waals surface area contributed by atoms with Gasteiger partial charge >= 0.3 is 0 Å². The van der Waals surface area contributed by atoms with Gasteiger partial charge in [-0.2, -0.15) is 0 Å². The van der Waals surface area contributed by atoms with Crippen LogP contribution in [0.5, 0.6) is 5.75 Å². The van der Waals surface area contributed by atoms with Crippen molar-refractivity contribution in [1.29, 1.82) is 0 Å². The number of aromatic nitrogens is 1. The molecule has 4 rings (SSSR count). The summed E-state index contributed by atoms with van der Waals surface area (Å²) in [5.74, 6) is -0.388. The van der Waals surface area contributed by atoms with Gasteiger partial charge in [-0.1, -0.05) is 35.5 Å². The second kappa shape index (κ2) is 9.78. The van der Waals surface area contributed by atoms with Crippen LogP contribution in [0.4, 0.5) is 10.1 Å². The molecule has 0 aliphatic rings. The molecule has 8 heteroatoms. The standard InChI is InChI=1S/C25H20FN3O4/c1-32-20-10-7-17(8-11-20)24(30)28-22-13-18(26)9-12-21(22)25(31)27-15-19-14-23(33-29-19)16-5-3-2-4-6-16/h2-14H,15H2,1H3,(H,27,31)(H,28,30). The van der Waals surface area contributed by atoms with Crippen molar-refractivity contribution in [2.45, 2.75) is 6.54 Å². The van der Waals surface area contributed by atoms with Crippen molar-refractivity contribution < 1.29 is 23.2 Å². The van der Waals surface area contributed by atoms with E-state index in [9.17, 15) is 14.0 Å². The molecule has 0 fully saturated rings. The second-order valence-corrected chi connectivity index (χ2v) is 7.10. The Kier molecular flexibility index (Phi) is 6.45. The maximum Gasteiger partial charge on any atom is 0.255 e. The van der Waals surface area contributed by atoms with Gasteiger partial charge in [-0.05, 0) is 42.5 Å². The third kappa shape index (κ3) is 5.24. The fraction of sp³-hybridized carbons (Fsp3) is 0.0800. The largest absolute Gasteiger partial charge is 0.497 e. The van der Waals surface area contributed by atoms with E-state index in [1.54, 1.807) is 30.3 Å². The number of benzene rings is 3. The summed E-state index contributed by atoms with van der Waals surface area (Å²) in [5.41, 5.74) is 1.89. The molecule has 1 aromatic heterocycles. The van der Waals surface area contributed by atoms with Crippen LogP contribution in [-0.4, -0.2) is 24.1 Å². The fourth-order valence-electron chi connectivity index (χ4n) is 3.15. The van der Waals surface area contributed by atoms with Gasteiger partial charge in [0.2, 0.25) is 0 Å². The zero-order chi connectivity index (χ0) is 23.2. The van der Waals surface area contributed by atoms with E-state index in [1.807, 2.05) is 30.3 Å². The molecule has 4 aromatic rings. The minimum absolute atomic E-state index is 0.0541. The van der Waals surface area contributed by atoms with Crippen LogP contribution in [0.1, 0.15) is 26.4 Å². The number of rotatable bonds is 7. The lowest BCUT2D eigenvalue weighted by molar-refractivity contribution is 0.0951. The SMILES string of the molecule is COc1ccc(C(=O)Nc2cc(F)ccc2C(=O)NCc2cc(-c3ccccc3)on2)cc1. The minimum Gasteiger partial charge on any atom is -0.497 e. The van der Waals surface area contributed by atoms with Gasteiger partial charge in [0.25, 0.3) is 11.8 Å². The van der Waals surface area contributed by atoms with Crippen LogP contribution in [0.2, 0.25) is 0 Å². The van der Waals surface area contributed by atoms with E-state index in [2.05, 4.69) is 15.8 Å². The number of amides is 2. The monoisotopic (exact) mass is 445 g/mol. The van der Waals surface area contributed by atoms with Gasteiger partial charge in [0.05, 0.1) is 24.9 Å². The van der Waals surface area contributed by atoms with E-state index >= 15 is 0 Å². The zero-order valence-corrected chi connectivity index (χ0v) is 17.7. The Labute approximate surface area is 189 Å². The Hall–Kier alpha value is -4.46. The summed E-state index contributed by atoms with van der Waals surface area (Å²) in [6.45, 7) is 0.0956. The van der Waals surface area contributed by atoms with Crippen LogP contribution in [0.15, 0.2) is 83.4 Å². The van der Waals surface area contributed by atoms with Crippen molar-refractivity contribution in [3.05, 3.63) is 102 Å². The Morgan fingerprint density at radius 3 is 2.45 bits per heavy atom. The molecule has 0 bridgehead atoms. The molecule has 0 unspecified atom stereocenters. The number of nitrogens with one attached hydrogen (secondary N) is 2. The van der Waals surface area contributed by atoms with Crippen LogP contribution < -0.4 is 15.4 Å². The highest BCUT2D eigenvalue weighted by molar-refractivity contribution is 6.09. The molecule has 0 radical (unpaired) electrons. The number of anilines is 1. The molecule has 0 spiro atoms. The van der Waals surface area contributed by atoms with Crippen molar-refractivity contribution >= 4 is 17.5 Å². The average molecular weight is 445 g/mol. The molecular formula is C25H20FN3O4. The van der Waals surface area contributed by atoms with Crippen molar-refractivity contribution in [2.75, 3.05) is 12.4 Å². The smallest absolute Gasteiger partial charge is 0.255 e. The summed E-state index contributed by atoms with van der Waals surface area (Å²) < 4.78 is 24.3. The summed E-state index contributed by atoms with van der Waals surface area (Å²) in [4.78, 5) is 25.4. The summed E-state index contributed by atoms with van der Waals surface area (Å²) >= 11 is 0. The van der Waals surface area contributed by atoms with Crippen molar-refractivity contribution in [2.24, 2.45) is 0 Å². The highest BCUT2D eigenvalue weighted by atomic mass is 19.1. The molecule has 0 aliphatic carbocycles. The van der Waals surface area contributed by atoms with Gasteiger partial charge in [0, 0.05) is 17.2 Å². The highest BCUT2D eigenvalue weighted by Gasteiger charge is 2.16. The average Bonchev–Trinajstić information content (AvgIpc) is 3.32. The lowest BCUT2D eigenvalue weighted by Gasteiger charge is -2.12. The van der Waals surface area contributed by atoms with E-state index < -0.39 is 17.6 Å². The van der Waals surface area contributed by atoms with Crippen molar-refractivity contribution in [3.63, 3.8) is 0 Å². The molecule has 0 saturated heterocycles. The second-order valence-electron chi connectivity index (χ2n) is 7.10. The van der Waals surface area contributed by atoms with Crippen LogP contribution in [0, 0.1) is 5.82 Å². The lowest BCUT2D eigenvalue weighted by Crippen LogP contribution is -2.25. The van der Waals surface area contributed by atoms with Gasteiger partial charge < -0.3 is 19.9 Å². The van der Waals surface area contributed by atoms with Crippen LogP contribution in [0.3, 0.4) is 0 Å². The van der Waals surface area contributed by atoms with Gasteiger partial charge in [0.1, 0.15) is 17.3 Å². The summed E-state index contributed by atoms with van der Waals surface area (Å²) in [6.07, 6.45) is 0. The molecule has 7 nitrogen and oxygen atoms in total. The maximum absolute atomic E-state index is 13.9. The van der Waals surface area contributed by atoms with E-state index in [0.717, 1.165) is 17.7 Å². The van der Waals surface area contributed by atoms with Gasteiger partial charge in [-0.3, -0.25) is 9.59 Å². The molecular weight excluding hydrogens is 425 g/mol. The van der Waals surface area contributed by atoms with Crippen LogP contribution in [0.25, 0.3) is 11.3 Å². The summed E-state index contributed by atoms with van der Waals surface area (Å²) in [5, 5.41) is 9.28. The molecule has 2 N–H and O–H groups in total. The first-order chi connectivity index (χ1) is 16.0. The van der Waals surface area contributed by atoms with E-state index in [-0.39, 0.29) is 17.8 Å². The van der Waals surface area contributed by atoms with Gasteiger partial charge in [0.15, 0.2) is 5.76 Å². The van der Waals surface area contributed by atoms with Crippen molar-refractivity contribution in [3.8, 4) is 17.1 Å². The number of carbonyl (C=O) groups excluding carboxylic acids is 2. The lowest BCUT2D eigenvalue weighted by atomic mass is 10.1. The minimum atomic E-state index is -0.583. The molecule has 1 heterocycles. The number of nitrogens with zero attached hydrogens (tertiary/aromatic N) is 1. The Morgan fingerprint density at radius 1 is 0.970 bits per heavy atom. The number of methoxy groups -OCH3 is 1. The molecule has 2 amide bonds. The number of carbonyl (C=O) groups is 2. The first-order valence-electron chi connectivity index (χ1n) is 10.1. The quantitative estimate of drug-likeness (QED) is 0.431. The Morgan fingerprint density at radius 2 is 1.73 bits per heavy atom. The Bertz CT molecular complexity index is 1270. The van der Waals surface area contributed by atoms with Gasteiger partial charge in [-0.25, -0.2) is 4.39 Å². The Balaban J connectivity index is 1.45. The number of halogens is 1.